The highest BCUT2D eigenvalue weighted by Gasteiger charge is 2.40. The predicted molar refractivity (Wildman–Crippen MR) is 53.5 cm³/mol. The van der Waals surface area contributed by atoms with E-state index in [0.717, 1.165) is 0 Å². The molecular formula is C8H12F4N2O2S. The standard InChI is InChI=1S/C8H12F4N2O2S/c9-6(8(10,11)12)2-4-17(16)3-1-5(13)7(15)14-17/h5-6H,1-4,13H2/t5-,6-,17+/m0/s1. The molecule has 3 atom stereocenters. The molecule has 0 fully saturated rings. The lowest BCUT2D eigenvalue weighted by atomic mass is 10.2. The van der Waals surface area contributed by atoms with Crippen molar-refractivity contribution in [1.29, 1.82) is 0 Å². The maximum absolute atomic E-state index is 12.6. The van der Waals surface area contributed by atoms with E-state index < -0.39 is 46.2 Å². The summed E-state index contributed by atoms with van der Waals surface area (Å²) in [6.07, 6.45) is -8.86. The first kappa shape index (κ1) is 14.4. The summed E-state index contributed by atoms with van der Waals surface area (Å²) in [7, 11) is -3.07. The maximum Gasteiger partial charge on any atom is 0.419 e. The summed E-state index contributed by atoms with van der Waals surface area (Å²) < 4.78 is 63.3. The van der Waals surface area contributed by atoms with E-state index in [1.807, 2.05) is 0 Å². The van der Waals surface area contributed by atoms with Crippen LogP contribution in [0.2, 0.25) is 0 Å². The number of halogens is 4. The fourth-order valence-electron chi connectivity index (χ4n) is 1.31. The van der Waals surface area contributed by atoms with Gasteiger partial charge in [0.1, 0.15) is 0 Å². The zero-order valence-electron chi connectivity index (χ0n) is 8.74. The highest BCUT2D eigenvalue weighted by molar-refractivity contribution is 7.93. The highest BCUT2D eigenvalue weighted by Crippen LogP contribution is 2.26. The maximum atomic E-state index is 12.6. The van der Waals surface area contributed by atoms with Crippen molar-refractivity contribution >= 4 is 15.6 Å². The third-order valence-corrected chi connectivity index (χ3v) is 4.63. The molecule has 0 spiro atoms. The SMILES string of the molecule is N[C@H]1CC[S@@](=O)(CC[C@H](F)C(F)(F)F)=NC1=O. The Morgan fingerprint density at radius 1 is 1.53 bits per heavy atom. The topological polar surface area (TPSA) is 72.5 Å². The lowest BCUT2D eigenvalue weighted by Crippen LogP contribution is -2.37. The largest absolute Gasteiger partial charge is 0.419 e. The molecule has 0 radical (unpaired) electrons. The smallest absolute Gasteiger partial charge is 0.320 e. The summed E-state index contributed by atoms with van der Waals surface area (Å²) in [5.74, 6) is -1.43. The number of hydrogen-bond acceptors (Lipinski definition) is 3. The van der Waals surface area contributed by atoms with E-state index in [-0.39, 0.29) is 12.2 Å². The zero-order valence-corrected chi connectivity index (χ0v) is 9.56. The summed E-state index contributed by atoms with van der Waals surface area (Å²) in [4.78, 5) is 11.1. The third-order valence-electron chi connectivity index (χ3n) is 2.37. The quantitative estimate of drug-likeness (QED) is 0.782. The molecule has 0 bridgehead atoms. The van der Waals surface area contributed by atoms with Crippen LogP contribution in [0.5, 0.6) is 0 Å². The minimum absolute atomic E-state index is 0.0650. The molecule has 1 amide bonds. The molecule has 0 saturated heterocycles. The number of nitrogens with two attached hydrogens (primary N) is 1. The Labute approximate surface area is 95.7 Å². The summed E-state index contributed by atoms with van der Waals surface area (Å²) in [5.41, 5.74) is 5.30. The molecule has 1 aliphatic rings. The fourth-order valence-corrected chi connectivity index (χ4v) is 3.36. The Morgan fingerprint density at radius 3 is 2.59 bits per heavy atom. The molecule has 17 heavy (non-hydrogen) atoms. The summed E-state index contributed by atoms with van der Waals surface area (Å²) in [5, 5.41) is 0. The van der Waals surface area contributed by atoms with Gasteiger partial charge in [0.25, 0.3) is 5.91 Å². The Balaban J connectivity index is 2.67. The van der Waals surface area contributed by atoms with E-state index in [0.29, 0.717) is 0 Å². The van der Waals surface area contributed by atoms with Gasteiger partial charge < -0.3 is 5.73 Å². The summed E-state index contributed by atoms with van der Waals surface area (Å²) in [6, 6.07) is -0.853. The third kappa shape index (κ3) is 3.91. The van der Waals surface area contributed by atoms with Gasteiger partial charge in [-0.25, -0.2) is 8.60 Å². The molecule has 2 N–H and O–H groups in total. The van der Waals surface area contributed by atoms with Crippen LogP contribution in [-0.2, 0) is 14.5 Å². The van der Waals surface area contributed by atoms with Gasteiger partial charge in [-0.15, -0.1) is 0 Å². The van der Waals surface area contributed by atoms with Crippen LogP contribution in [0.25, 0.3) is 0 Å². The number of carbonyl (C=O) groups excluding carboxylic acids is 1. The summed E-state index contributed by atoms with van der Waals surface area (Å²) >= 11 is 0. The molecule has 0 aliphatic carbocycles. The van der Waals surface area contributed by atoms with Gasteiger partial charge in [0.05, 0.1) is 15.8 Å². The van der Waals surface area contributed by atoms with Crippen LogP contribution < -0.4 is 5.73 Å². The van der Waals surface area contributed by atoms with Crippen molar-refractivity contribution in [3.8, 4) is 0 Å². The van der Waals surface area contributed by atoms with Gasteiger partial charge in [0.15, 0.2) is 6.17 Å². The van der Waals surface area contributed by atoms with Crippen LogP contribution in [0.1, 0.15) is 12.8 Å². The number of alkyl halides is 4. The minimum atomic E-state index is -4.97. The van der Waals surface area contributed by atoms with Crippen molar-refractivity contribution < 1.29 is 26.6 Å². The highest BCUT2D eigenvalue weighted by atomic mass is 32.2. The van der Waals surface area contributed by atoms with E-state index >= 15 is 0 Å². The molecule has 9 heteroatoms. The molecule has 4 nitrogen and oxygen atoms in total. The monoisotopic (exact) mass is 276 g/mol. The predicted octanol–water partition coefficient (Wildman–Crippen LogP) is 1.00. The first-order valence-corrected chi connectivity index (χ1v) is 6.72. The van der Waals surface area contributed by atoms with Crippen molar-refractivity contribution in [3.05, 3.63) is 0 Å². The zero-order chi connectivity index (χ0) is 13.3. The van der Waals surface area contributed by atoms with Crippen molar-refractivity contribution in [2.24, 2.45) is 10.1 Å². The molecule has 0 unspecified atom stereocenters. The number of rotatable bonds is 3. The Hall–Kier alpha value is -0.700. The lowest BCUT2D eigenvalue weighted by molar-refractivity contribution is -0.180. The van der Waals surface area contributed by atoms with Crippen LogP contribution in [0.3, 0.4) is 0 Å². The molecule has 0 aromatic heterocycles. The van der Waals surface area contributed by atoms with Gasteiger partial charge in [-0.1, -0.05) is 0 Å². The van der Waals surface area contributed by atoms with E-state index in [1.165, 1.54) is 0 Å². The van der Waals surface area contributed by atoms with Gasteiger partial charge in [-0.05, 0) is 12.8 Å². The normalized spacial score (nSPS) is 32.1. The second-order valence-corrected chi connectivity index (χ2v) is 6.35. The molecule has 0 saturated carbocycles. The van der Waals surface area contributed by atoms with Gasteiger partial charge >= 0.3 is 6.18 Å². The molecule has 0 aromatic carbocycles. The van der Waals surface area contributed by atoms with E-state index in [2.05, 4.69) is 4.36 Å². The molecule has 0 aromatic rings. The number of carbonyl (C=O) groups is 1. The number of hydrogen-bond donors (Lipinski definition) is 1. The second-order valence-electron chi connectivity index (χ2n) is 3.80. The van der Waals surface area contributed by atoms with Crippen LogP contribution in [0.4, 0.5) is 17.6 Å². The van der Waals surface area contributed by atoms with E-state index in [1.54, 1.807) is 0 Å². The molecule has 1 heterocycles. The average Bonchev–Trinajstić information content (AvgIpc) is 2.20. The van der Waals surface area contributed by atoms with Crippen LogP contribution in [0.15, 0.2) is 4.36 Å². The molecule has 100 valence electrons. The first-order chi connectivity index (χ1) is 7.64. The molecule has 1 rings (SSSR count). The van der Waals surface area contributed by atoms with Gasteiger partial charge in [0.2, 0.25) is 0 Å². The number of amides is 1. The van der Waals surface area contributed by atoms with Crippen molar-refractivity contribution in [3.63, 3.8) is 0 Å². The Morgan fingerprint density at radius 2 is 2.12 bits per heavy atom. The first-order valence-electron chi connectivity index (χ1n) is 4.87. The molecule has 1 aliphatic heterocycles. The fraction of sp³-hybridized carbons (Fsp3) is 0.875. The van der Waals surface area contributed by atoms with Crippen molar-refractivity contribution in [2.45, 2.75) is 31.2 Å². The van der Waals surface area contributed by atoms with Crippen molar-refractivity contribution in [1.82, 2.24) is 0 Å². The van der Waals surface area contributed by atoms with Crippen molar-refractivity contribution in [2.75, 3.05) is 11.5 Å². The van der Waals surface area contributed by atoms with Crippen LogP contribution >= 0.6 is 0 Å². The van der Waals surface area contributed by atoms with Gasteiger partial charge in [0, 0.05) is 11.5 Å². The van der Waals surface area contributed by atoms with Crippen LogP contribution in [-0.4, -0.2) is 40.0 Å². The van der Waals surface area contributed by atoms with Gasteiger partial charge in [-0.3, -0.25) is 4.79 Å². The Kier molecular flexibility index (Phi) is 4.13. The van der Waals surface area contributed by atoms with E-state index in [9.17, 15) is 26.6 Å². The lowest BCUT2D eigenvalue weighted by Gasteiger charge is -2.19. The summed E-state index contributed by atoms with van der Waals surface area (Å²) in [6.45, 7) is 0. The minimum Gasteiger partial charge on any atom is -0.320 e. The Bertz CT molecular complexity index is 414. The van der Waals surface area contributed by atoms with Crippen LogP contribution in [0, 0.1) is 0 Å². The number of nitrogens with zero attached hydrogens (tertiary/aromatic N) is 1. The molecular weight excluding hydrogens is 264 g/mol. The average molecular weight is 276 g/mol. The second kappa shape index (κ2) is 4.89. The van der Waals surface area contributed by atoms with E-state index in [4.69, 9.17) is 5.73 Å². The van der Waals surface area contributed by atoms with Gasteiger partial charge in [-0.2, -0.15) is 17.5 Å².